The van der Waals surface area contributed by atoms with Gasteiger partial charge < -0.3 is 14.8 Å². The summed E-state index contributed by atoms with van der Waals surface area (Å²) in [5.41, 5.74) is 12.7. The van der Waals surface area contributed by atoms with Crippen molar-refractivity contribution in [3.8, 4) is 11.1 Å². The van der Waals surface area contributed by atoms with E-state index >= 15 is 0 Å². The first kappa shape index (κ1) is 14.4. The molecule has 0 saturated heterocycles. The van der Waals surface area contributed by atoms with Crippen LogP contribution in [-0.4, -0.2) is 19.7 Å². The fraction of sp³-hybridized carbons (Fsp3) is 0.167. The predicted molar refractivity (Wildman–Crippen MR) is 92.5 cm³/mol. The maximum Gasteiger partial charge on any atom is 0.141 e. The molecule has 6 heteroatoms. The summed E-state index contributed by atoms with van der Waals surface area (Å²) in [6, 6.07) is 8.01. The third-order valence-electron chi connectivity index (χ3n) is 4.18. The van der Waals surface area contributed by atoms with Crippen LogP contribution in [0, 0.1) is 13.8 Å². The highest BCUT2D eigenvalue weighted by Crippen LogP contribution is 2.32. The van der Waals surface area contributed by atoms with Crippen LogP contribution in [0.2, 0.25) is 0 Å². The molecule has 0 unspecified atom stereocenters. The normalized spacial score (nSPS) is 11.2. The van der Waals surface area contributed by atoms with Crippen molar-refractivity contribution < 1.29 is 4.52 Å². The Bertz CT molecular complexity index is 997. The lowest BCUT2D eigenvalue weighted by atomic mass is 10.0. The summed E-state index contributed by atoms with van der Waals surface area (Å²) >= 11 is 0. The molecule has 120 valence electrons. The Labute approximate surface area is 138 Å². The summed E-state index contributed by atoms with van der Waals surface area (Å²) in [5.74, 6) is 0.784. The van der Waals surface area contributed by atoms with Crippen LogP contribution in [-0.2, 0) is 6.54 Å². The van der Waals surface area contributed by atoms with E-state index < -0.39 is 0 Å². The van der Waals surface area contributed by atoms with Crippen LogP contribution >= 0.6 is 0 Å². The van der Waals surface area contributed by atoms with E-state index in [0.29, 0.717) is 12.2 Å². The lowest BCUT2D eigenvalue weighted by Gasteiger charge is -2.08. The van der Waals surface area contributed by atoms with E-state index in [-0.39, 0.29) is 0 Å². The quantitative estimate of drug-likeness (QED) is 0.586. The average molecular weight is 319 g/mol. The van der Waals surface area contributed by atoms with E-state index in [2.05, 4.69) is 25.8 Å². The van der Waals surface area contributed by atoms with Crippen molar-refractivity contribution in [3.63, 3.8) is 0 Å². The van der Waals surface area contributed by atoms with E-state index in [1.807, 2.05) is 38.4 Å². The molecular formula is C18H17N5O. The number of imidazole rings is 1. The minimum absolute atomic E-state index is 0.649. The second-order valence-corrected chi connectivity index (χ2v) is 5.86. The first-order chi connectivity index (χ1) is 11.6. The number of pyridine rings is 1. The second-order valence-electron chi connectivity index (χ2n) is 5.86. The molecule has 2 N–H and O–H groups in total. The molecule has 4 aromatic rings. The predicted octanol–water partition coefficient (Wildman–Crippen LogP) is 3.33. The summed E-state index contributed by atoms with van der Waals surface area (Å²) in [6.45, 7) is 4.55. The molecule has 0 atom stereocenters. The number of nitrogen functional groups attached to an aromatic ring is 1. The Hall–Kier alpha value is -3.15. The summed E-state index contributed by atoms with van der Waals surface area (Å²) in [5, 5.41) is 4.03. The van der Waals surface area contributed by atoms with E-state index in [1.165, 1.54) is 0 Å². The number of nitrogens with two attached hydrogens (primary N) is 1. The van der Waals surface area contributed by atoms with E-state index in [4.69, 9.17) is 10.3 Å². The smallest absolute Gasteiger partial charge is 0.141 e. The van der Waals surface area contributed by atoms with Gasteiger partial charge in [0.15, 0.2) is 0 Å². The van der Waals surface area contributed by atoms with Gasteiger partial charge in [-0.1, -0.05) is 5.16 Å². The van der Waals surface area contributed by atoms with Crippen LogP contribution in [0.15, 0.2) is 47.5 Å². The van der Waals surface area contributed by atoms with E-state index in [1.54, 1.807) is 12.4 Å². The molecule has 0 aliphatic carbocycles. The lowest BCUT2D eigenvalue weighted by molar-refractivity contribution is 0.393. The van der Waals surface area contributed by atoms with Gasteiger partial charge in [-0.3, -0.25) is 4.98 Å². The number of benzene rings is 1. The minimum Gasteiger partial charge on any atom is -0.397 e. The molecule has 4 rings (SSSR count). The SMILES string of the molecule is Cc1noc(C)c1-c1cc(N)c2ncn(Cc3ccncc3)c2c1. The Morgan fingerprint density at radius 2 is 1.96 bits per heavy atom. The van der Waals surface area contributed by atoms with Gasteiger partial charge in [0.25, 0.3) is 0 Å². The van der Waals surface area contributed by atoms with Crippen LogP contribution in [0.1, 0.15) is 17.0 Å². The Morgan fingerprint density at radius 3 is 2.67 bits per heavy atom. The fourth-order valence-corrected chi connectivity index (χ4v) is 3.04. The highest BCUT2D eigenvalue weighted by Gasteiger charge is 2.15. The van der Waals surface area contributed by atoms with Crippen molar-refractivity contribution in [3.05, 3.63) is 60.0 Å². The third kappa shape index (κ3) is 2.32. The molecule has 0 aliphatic heterocycles. The van der Waals surface area contributed by atoms with Gasteiger partial charge in [-0.05, 0) is 49.2 Å². The third-order valence-corrected chi connectivity index (χ3v) is 4.18. The van der Waals surface area contributed by atoms with Gasteiger partial charge in [0.05, 0.1) is 23.2 Å². The van der Waals surface area contributed by atoms with Gasteiger partial charge in [0.1, 0.15) is 11.3 Å². The van der Waals surface area contributed by atoms with Gasteiger partial charge >= 0.3 is 0 Å². The van der Waals surface area contributed by atoms with Crippen molar-refractivity contribution in [1.29, 1.82) is 0 Å². The largest absolute Gasteiger partial charge is 0.397 e. The van der Waals surface area contributed by atoms with E-state index in [0.717, 1.165) is 39.2 Å². The first-order valence-corrected chi connectivity index (χ1v) is 7.70. The number of rotatable bonds is 3. The Morgan fingerprint density at radius 1 is 1.17 bits per heavy atom. The van der Waals surface area contributed by atoms with Gasteiger partial charge in [-0.15, -0.1) is 0 Å². The highest BCUT2D eigenvalue weighted by atomic mass is 16.5. The number of anilines is 1. The van der Waals surface area contributed by atoms with Crippen LogP contribution in [0.25, 0.3) is 22.2 Å². The Balaban J connectivity index is 1.86. The summed E-state index contributed by atoms with van der Waals surface area (Å²) in [7, 11) is 0. The van der Waals surface area contributed by atoms with Crippen molar-refractivity contribution in [1.82, 2.24) is 19.7 Å². The number of nitrogens with zero attached hydrogens (tertiary/aromatic N) is 4. The molecule has 1 aromatic carbocycles. The fourth-order valence-electron chi connectivity index (χ4n) is 3.04. The number of aromatic nitrogens is 4. The van der Waals surface area contributed by atoms with Gasteiger partial charge in [-0.25, -0.2) is 4.98 Å². The van der Waals surface area contributed by atoms with Crippen LogP contribution in [0.5, 0.6) is 0 Å². The zero-order valence-corrected chi connectivity index (χ0v) is 13.5. The van der Waals surface area contributed by atoms with Gasteiger partial charge in [0.2, 0.25) is 0 Å². The topological polar surface area (TPSA) is 82.8 Å². The lowest BCUT2D eigenvalue weighted by Crippen LogP contribution is -1.99. The highest BCUT2D eigenvalue weighted by molar-refractivity contribution is 5.92. The zero-order chi connectivity index (χ0) is 16.7. The molecule has 0 spiro atoms. The maximum absolute atomic E-state index is 6.23. The van der Waals surface area contributed by atoms with Crippen molar-refractivity contribution >= 4 is 16.7 Å². The van der Waals surface area contributed by atoms with Crippen LogP contribution in [0.3, 0.4) is 0 Å². The number of aryl methyl sites for hydroxylation is 2. The standard InChI is InChI=1S/C18H17N5O/c1-11-17(12(2)24-22-11)14-7-15(19)18-16(8-14)23(10-21-18)9-13-3-5-20-6-4-13/h3-8,10H,9,19H2,1-2H3. The van der Waals surface area contributed by atoms with Crippen molar-refractivity contribution in [2.24, 2.45) is 0 Å². The second kappa shape index (κ2) is 5.49. The number of fused-ring (bicyclic) bond motifs is 1. The van der Waals surface area contributed by atoms with Gasteiger partial charge in [0, 0.05) is 24.5 Å². The molecule has 0 aliphatic rings. The molecule has 0 bridgehead atoms. The monoisotopic (exact) mass is 319 g/mol. The summed E-state index contributed by atoms with van der Waals surface area (Å²) in [6.07, 6.45) is 5.40. The molecule has 6 nitrogen and oxygen atoms in total. The average Bonchev–Trinajstić information content (AvgIpc) is 3.12. The molecule has 0 radical (unpaired) electrons. The first-order valence-electron chi connectivity index (χ1n) is 7.70. The molecule has 0 amide bonds. The number of hydrogen-bond donors (Lipinski definition) is 1. The number of hydrogen-bond acceptors (Lipinski definition) is 5. The molecule has 0 fully saturated rings. The van der Waals surface area contributed by atoms with Crippen LogP contribution < -0.4 is 5.73 Å². The molecular weight excluding hydrogens is 302 g/mol. The maximum atomic E-state index is 6.23. The molecule has 24 heavy (non-hydrogen) atoms. The Kier molecular flexibility index (Phi) is 3.30. The van der Waals surface area contributed by atoms with Crippen molar-refractivity contribution in [2.45, 2.75) is 20.4 Å². The van der Waals surface area contributed by atoms with Crippen LogP contribution in [0.4, 0.5) is 5.69 Å². The molecule has 3 aromatic heterocycles. The van der Waals surface area contributed by atoms with Gasteiger partial charge in [-0.2, -0.15) is 0 Å². The van der Waals surface area contributed by atoms with E-state index in [9.17, 15) is 0 Å². The zero-order valence-electron chi connectivity index (χ0n) is 13.5. The van der Waals surface area contributed by atoms with Crippen molar-refractivity contribution in [2.75, 3.05) is 5.73 Å². The minimum atomic E-state index is 0.649. The molecule has 0 saturated carbocycles. The summed E-state index contributed by atoms with van der Waals surface area (Å²) in [4.78, 5) is 8.52. The summed E-state index contributed by atoms with van der Waals surface area (Å²) < 4.78 is 7.37. The molecule has 3 heterocycles.